The third-order valence-electron chi connectivity index (χ3n) is 4.55. The molecule has 0 unspecified atom stereocenters. The van der Waals surface area contributed by atoms with Gasteiger partial charge in [-0.1, -0.05) is 45.9 Å². The molecule has 0 saturated carbocycles. The smallest absolute Gasteiger partial charge is 0.274 e. The highest BCUT2D eigenvalue weighted by Gasteiger charge is 2.12. The van der Waals surface area contributed by atoms with Gasteiger partial charge in [0.15, 0.2) is 0 Å². The molecule has 0 aliphatic heterocycles. The molecule has 1 aromatic heterocycles. The molecule has 4 rings (SSSR count). The van der Waals surface area contributed by atoms with Crippen LogP contribution in [0.15, 0.2) is 91.9 Å². The number of benzene rings is 3. The van der Waals surface area contributed by atoms with Crippen molar-refractivity contribution in [2.75, 3.05) is 5.32 Å². The Morgan fingerprint density at radius 2 is 1.57 bits per heavy atom. The lowest BCUT2D eigenvalue weighted by Crippen LogP contribution is -2.24. The number of carbonyl (C=O) groups excluding carboxylic acids is 1. The average molecular weight is 480 g/mol. The van der Waals surface area contributed by atoms with Gasteiger partial charge in [0, 0.05) is 32.4 Å². The van der Waals surface area contributed by atoms with Crippen LogP contribution in [0.2, 0.25) is 0 Å². The maximum absolute atomic E-state index is 12.6. The van der Waals surface area contributed by atoms with E-state index in [1.165, 1.54) is 4.68 Å². The predicted octanol–water partition coefficient (Wildman–Crippen LogP) is 5.03. The Morgan fingerprint density at radius 3 is 2.23 bits per heavy atom. The summed E-state index contributed by atoms with van der Waals surface area (Å²) in [7, 11) is 1.60. The van der Waals surface area contributed by atoms with Crippen molar-refractivity contribution in [3.63, 3.8) is 0 Å². The average Bonchev–Trinajstić information content (AvgIpc) is 2.75. The summed E-state index contributed by atoms with van der Waals surface area (Å²) in [5, 5.41) is 8.46. The van der Waals surface area contributed by atoms with Crippen molar-refractivity contribution in [1.29, 1.82) is 0 Å². The van der Waals surface area contributed by atoms with E-state index < -0.39 is 0 Å². The largest absolute Gasteiger partial charge is 0.326 e. The normalized spacial score (nSPS) is 10.9. The zero-order valence-corrected chi connectivity index (χ0v) is 18.5. The summed E-state index contributed by atoms with van der Waals surface area (Å²) in [5.41, 5.74) is 1.12. The monoisotopic (exact) mass is 479 g/mol. The highest BCUT2D eigenvalue weighted by molar-refractivity contribution is 9.10. The zero-order chi connectivity index (χ0) is 21.1. The van der Waals surface area contributed by atoms with Crippen molar-refractivity contribution in [3.8, 4) is 0 Å². The number of aryl methyl sites for hydroxylation is 1. The Morgan fingerprint density at radius 1 is 0.967 bits per heavy atom. The van der Waals surface area contributed by atoms with E-state index in [2.05, 4.69) is 38.5 Å². The van der Waals surface area contributed by atoms with Crippen LogP contribution in [-0.4, -0.2) is 15.7 Å². The van der Waals surface area contributed by atoms with E-state index >= 15 is 0 Å². The molecule has 0 atom stereocenters. The molecule has 7 heteroatoms. The van der Waals surface area contributed by atoms with E-state index in [1.807, 2.05) is 48.5 Å². The first-order valence-electron chi connectivity index (χ1n) is 9.28. The molecular weight excluding hydrogens is 462 g/mol. The molecule has 1 amide bonds. The Balaban J connectivity index is 1.46. The molecule has 5 nitrogen and oxygen atoms in total. The molecule has 4 aromatic rings. The number of nitrogens with one attached hydrogen (secondary N) is 1. The highest BCUT2D eigenvalue weighted by Crippen LogP contribution is 2.29. The topological polar surface area (TPSA) is 64.0 Å². The summed E-state index contributed by atoms with van der Waals surface area (Å²) >= 11 is 5.09. The van der Waals surface area contributed by atoms with E-state index in [1.54, 1.807) is 30.9 Å². The van der Waals surface area contributed by atoms with Crippen molar-refractivity contribution in [2.45, 2.75) is 16.2 Å². The first-order valence-corrected chi connectivity index (χ1v) is 10.9. The van der Waals surface area contributed by atoms with E-state index in [0.717, 1.165) is 14.3 Å². The Hall–Kier alpha value is -2.90. The van der Waals surface area contributed by atoms with Gasteiger partial charge in [-0.2, -0.15) is 5.10 Å². The van der Waals surface area contributed by atoms with Crippen LogP contribution in [0.5, 0.6) is 0 Å². The SMILES string of the molecule is Cn1nc(CC(=O)Nc2ccc(Sc3ccc(Br)cc3)cc2)c2ccccc2c1=O. The summed E-state index contributed by atoms with van der Waals surface area (Å²) < 4.78 is 2.32. The van der Waals surface area contributed by atoms with Gasteiger partial charge in [-0.15, -0.1) is 0 Å². The molecule has 1 N–H and O–H groups in total. The van der Waals surface area contributed by atoms with Gasteiger partial charge in [-0.05, 0) is 54.6 Å². The van der Waals surface area contributed by atoms with E-state index in [0.29, 0.717) is 22.2 Å². The summed E-state index contributed by atoms with van der Waals surface area (Å²) in [6, 6.07) is 23.0. The van der Waals surface area contributed by atoms with Gasteiger partial charge in [-0.3, -0.25) is 9.59 Å². The minimum Gasteiger partial charge on any atom is -0.326 e. The molecule has 0 fully saturated rings. The van der Waals surface area contributed by atoms with Crippen LogP contribution < -0.4 is 10.9 Å². The molecule has 0 saturated heterocycles. The molecule has 0 radical (unpaired) electrons. The second-order valence-corrected chi connectivity index (χ2v) is 8.79. The molecule has 0 aliphatic rings. The van der Waals surface area contributed by atoms with Gasteiger partial charge in [0.2, 0.25) is 5.91 Å². The lowest BCUT2D eigenvalue weighted by molar-refractivity contribution is -0.115. The summed E-state index contributed by atoms with van der Waals surface area (Å²) in [5.74, 6) is -0.181. The number of hydrogen-bond donors (Lipinski definition) is 1. The number of hydrogen-bond acceptors (Lipinski definition) is 4. The quantitative estimate of drug-likeness (QED) is 0.435. The van der Waals surface area contributed by atoms with Crippen molar-refractivity contribution in [3.05, 3.63) is 93.3 Å². The molecule has 0 spiro atoms. The zero-order valence-electron chi connectivity index (χ0n) is 16.1. The minimum atomic E-state index is -0.181. The second-order valence-electron chi connectivity index (χ2n) is 6.73. The molecule has 150 valence electrons. The fourth-order valence-electron chi connectivity index (χ4n) is 3.11. The predicted molar refractivity (Wildman–Crippen MR) is 124 cm³/mol. The summed E-state index contributed by atoms with van der Waals surface area (Å²) in [4.78, 5) is 27.0. The summed E-state index contributed by atoms with van der Waals surface area (Å²) in [6.45, 7) is 0. The molecular formula is C23H18BrN3O2S. The Bertz CT molecular complexity index is 1270. The van der Waals surface area contributed by atoms with Crippen molar-refractivity contribution in [1.82, 2.24) is 9.78 Å². The first-order chi connectivity index (χ1) is 14.5. The maximum atomic E-state index is 12.6. The van der Waals surface area contributed by atoms with E-state index in [-0.39, 0.29) is 17.9 Å². The number of halogens is 1. The Labute approximate surface area is 186 Å². The molecule has 0 bridgehead atoms. The van der Waals surface area contributed by atoms with E-state index in [9.17, 15) is 9.59 Å². The van der Waals surface area contributed by atoms with Crippen LogP contribution in [0.25, 0.3) is 10.8 Å². The minimum absolute atomic E-state index is 0.0873. The molecule has 0 aliphatic carbocycles. The van der Waals surface area contributed by atoms with Gasteiger partial charge in [0.25, 0.3) is 5.56 Å². The highest BCUT2D eigenvalue weighted by atomic mass is 79.9. The van der Waals surface area contributed by atoms with Crippen molar-refractivity contribution >= 4 is 50.1 Å². The van der Waals surface area contributed by atoms with Gasteiger partial charge in [0.1, 0.15) is 0 Å². The number of carbonyl (C=O) groups is 1. The second kappa shape index (κ2) is 8.85. The third kappa shape index (κ3) is 4.63. The van der Waals surface area contributed by atoms with Crippen molar-refractivity contribution < 1.29 is 4.79 Å². The number of rotatable bonds is 5. The van der Waals surface area contributed by atoms with Gasteiger partial charge >= 0.3 is 0 Å². The van der Waals surface area contributed by atoms with E-state index in [4.69, 9.17) is 0 Å². The lowest BCUT2D eigenvalue weighted by Gasteiger charge is -2.09. The van der Waals surface area contributed by atoms with Crippen LogP contribution in [0.3, 0.4) is 0 Å². The fraction of sp³-hybridized carbons (Fsp3) is 0.0870. The van der Waals surface area contributed by atoms with Crippen LogP contribution in [0.1, 0.15) is 5.69 Å². The first kappa shape index (κ1) is 20.4. The maximum Gasteiger partial charge on any atom is 0.274 e. The fourth-order valence-corrected chi connectivity index (χ4v) is 4.19. The van der Waals surface area contributed by atoms with Crippen LogP contribution in [0.4, 0.5) is 5.69 Å². The van der Waals surface area contributed by atoms with Crippen LogP contribution in [0, 0.1) is 0 Å². The number of fused-ring (bicyclic) bond motifs is 1. The van der Waals surface area contributed by atoms with Crippen LogP contribution in [-0.2, 0) is 18.3 Å². The number of aromatic nitrogens is 2. The van der Waals surface area contributed by atoms with Gasteiger partial charge in [-0.25, -0.2) is 4.68 Å². The summed E-state index contributed by atoms with van der Waals surface area (Å²) in [6.07, 6.45) is 0.0873. The van der Waals surface area contributed by atoms with Crippen LogP contribution >= 0.6 is 27.7 Å². The number of amides is 1. The van der Waals surface area contributed by atoms with Crippen molar-refractivity contribution in [2.24, 2.45) is 7.05 Å². The lowest BCUT2D eigenvalue weighted by atomic mass is 10.1. The molecule has 1 heterocycles. The molecule has 30 heavy (non-hydrogen) atoms. The van der Waals surface area contributed by atoms with Gasteiger partial charge in [0.05, 0.1) is 17.5 Å². The number of nitrogens with zero attached hydrogens (tertiary/aromatic N) is 2. The number of anilines is 1. The standard InChI is InChI=1S/C23H18BrN3O2S/c1-27-23(29)20-5-3-2-4-19(20)21(26-27)14-22(28)25-16-8-12-18(13-9-16)30-17-10-6-15(24)7-11-17/h2-13H,14H2,1H3,(H,25,28). The Kier molecular flexibility index (Phi) is 6.01. The molecule has 3 aromatic carbocycles. The van der Waals surface area contributed by atoms with Gasteiger partial charge < -0.3 is 5.32 Å². The third-order valence-corrected chi connectivity index (χ3v) is 6.09.